The monoisotopic (exact) mass is 336 g/mol. The van der Waals surface area contributed by atoms with Crippen LogP contribution in [0.15, 0.2) is 18.2 Å². The topological polar surface area (TPSA) is 79.7 Å². The number of hydrogen-bond acceptors (Lipinski definition) is 4. The quantitative estimate of drug-likeness (QED) is 0.840. The summed E-state index contributed by atoms with van der Waals surface area (Å²) in [6.07, 6.45) is -0.220. The lowest BCUT2D eigenvalue weighted by Gasteiger charge is -2.32. The molecule has 0 aromatic carbocycles. The van der Waals surface area contributed by atoms with Gasteiger partial charge in [-0.15, -0.1) is 0 Å². The third-order valence-electron chi connectivity index (χ3n) is 3.71. The van der Waals surface area contributed by atoms with Crippen molar-refractivity contribution in [3.05, 3.63) is 35.4 Å². The van der Waals surface area contributed by atoms with E-state index in [0.717, 1.165) is 4.90 Å². The van der Waals surface area contributed by atoms with Crippen LogP contribution in [-0.4, -0.2) is 46.2 Å². The Morgan fingerprint density at radius 1 is 1.38 bits per heavy atom. The van der Waals surface area contributed by atoms with Gasteiger partial charge in [0.05, 0.1) is 23.3 Å². The largest absolute Gasteiger partial charge is 0.465 e. The standard InChI is InChI=1S/C17H21FN2O4/c1-10-12(18)5-6-13(19-10)11-7-8-20(16(22)23)9-14(11)24-15(21)17(2,3)4/h5-7,14H,8-9H2,1-4H3,(H,22,23)/t14-/m0/s1. The number of ether oxygens (including phenoxy) is 1. The fourth-order valence-electron chi connectivity index (χ4n) is 2.25. The van der Waals surface area contributed by atoms with Gasteiger partial charge in [0, 0.05) is 12.1 Å². The molecular weight excluding hydrogens is 315 g/mol. The van der Waals surface area contributed by atoms with Gasteiger partial charge in [-0.25, -0.2) is 9.18 Å². The van der Waals surface area contributed by atoms with E-state index >= 15 is 0 Å². The molecule has 0 radical (unpaired) electrons. The van der Waals surface area contributed by atoms with Gasteiger partial charge in [0.25, 0.3) is 0 Å². The Balaban J connectivity index is 2.35. The summed E-state index contributed by atoms with van der Waals surface area (Å²) in [6, 6.07) is 2.80. The first-order valence-electron chi connectivity index (χ1n) is 7.62. The summed E-state index contributed by atoms with van der Waals surface area (Å²) >= 11 is 0. The zero-order valence-electron chi connectivity index (χ0n) is 14.2. The third-order valence-corrected chi connectivity index (χ3v) is 3.71. The number of nitrogens with zero attached hydrogens (tertiary/aromatic N) is 2. The summed E-state index contributed by atoms with van der Waals surface area (Å²) in [6.45, 7) is 6.87. The molecule has 0 spiro atoms. The maximum absolute atomic E-state index is 13.4. The van der Waals surface area contributed by atoms with E-state index in [1.54, 1.807) is 33.8 Å². The third kappa shape index (κ3) is 3.90. The number of carbonyl (C=O) groups is 2. The minimum Gasteiger partial charge on any atom is -0.465 e. The van der Waals surface area contributed by atoms with Gasteiger partial charge in [-0.2, -0.15) is 0 Å². The second kappa shape index (κ2) is 6.59. The molecule has 0 fully saturated rings. The van der Waals surface area contributed by atoms with Gasteiger partial charge < -0.3 is 14.7 Å². The summed E-state index contributed by atoms with van der Waals surface area (Å²) in [4.78, 5) is 28.8. The van der Waals surface area contributed by atoms with Crippen LogP contribution in [0, 0.1) is 18.2 Å². The van der Waals surface area contributed by atoms with Crippen molar-refractivity contribution in [3.63, 3.8) is 0 Å². The van der Waals surface area contributed by atoms with Gasteiger partial charge in [-0.1, -0.05) is 6.08 Å². The highest BCUT2D eigenvalue weighted by molar-refractivity contribution is 5.79. The van der Waals surface area contributed by atoms with E-state index in [4.69, 9.17) is 4.74 Å². The van der Waals surface area contributed by atoms with Crippen molar-refractivity contribution >= 4 is 17.6 Å². The number of aromatic nitrogens is 1. The summed E-state index contributed by atoms with van der Waals surface area (Å²) < 4.78 is 19.0. The van der Waals surface area contributed by atoms with Gasteiger partial charge in [0.1, 0.15) is 11.9 Å². The highest BCUT2D eigenvalue weighted by Crippen LogP contribution is 2.27. The minimum atomic E-state index is -1.09. The number of aryl methyl sites for hydroxylation is 1. The number of amides is 1. The molecule has 1 amide bonds. The van der Waals surface area contributed by atoms with Crippen LogP contribution in [0.25, 0.3) is 5.57 Å². The van der Waals surface area contributed by atoms with E-state index in [9.17, 15) is 19.1 Å². The Bertz CT molecular complexity index is 694. The van der Waals surface area contributed by atoms with Crippen LogP contribution in [0.2, 0.25) is 0 Å². The second-order valence-corrected chi connectivity index (χ2v) is 6.75. The van der Waals surface area contributed by atoms with Crippen molar-refractivity contribution in [2.45, 2.75) is 33.8 Å². The van der Waals surface area contributed by atoms with Crippen LogP contribution < -0.4 is 0 Å². The average molecular weight is 336 g/mol. The predicted octanol–water partition coefficient (Wildman–Crippen LogP) is 2.86. The zero-order valence-corrected chi connectivity index (χ0v) is 14.2. The molecule has 130 valence electrons. The average Bonchev–Trinajstić information content (AvgIpc) is 2.49. The summed E-state index contributed by atoms with van der Waals surface area (Å²) in [7, 11) is 0. The van der Waals surface area contributed by atoms with Crippen LogP contribution in [-0.2, 0) is 9.53 Å². The van der Waals surface area contributed by atoms with Crippen molar-refractivity contribution < 1.29 is 23.8 Å². The van der Waals surface area contributed by atoms with Crippen molar-refractivity contribution in [2.75, 3.05) is 13.1 Å². The number of carboxylic acid groups (broad SMARTS) is 1. The first kappa shape index (κ1) is 17.9. The molecule has 7 heteroatoms. The van der Waals surface area contributed by atoms with Gasteiger partial charge in [0.15, 0.2) is 0 Å². The lowest BCUT2D eigenvalue weighted by Crippen LogP contribution is -2.43. The van der Waals surface area contributed by atoms with Crippen LogP contribution >= 0.6 is 0 Å². The summed E-state index contributed by atoms with van der Waals surface area (Å²) in [5.41, 5.74) is 0.580. The van der Waals surface area contributed by atoms with Crippen LogP contribution in [0.5, 0.6) is 0 Å². The van der Waals surface area contributed by atoms with E-state index in [2.05, 4.69) is 4.98 Å². The fraction of sp³-hybridized carbons (Fsp3) is 0.471. The summed E-state index contributed by atoms with van der Waals surface area (Å²) in [5.74, 6) is -0.866. The SMILES string of the molecule is Cc1nc(C2=CCN(C(=O)O)C[C@@H]2OC(=O)C(C)(C)C)ccc1F. The Morgan fingerprint density at radius 3 is 2.58 bits per heavy atom. The van der Waals surface area contributed by atoms with Crippen LogP contribution in [0.3, 0.4) is 0 Å². The maximum Gasteiger partial charge on any atom is 0.407 e. The minimum absolute atomic E-state index is 0.0150. The Labute approximate surface area is 139 Å². The normalized spacial score (nSPS) is 18.1. The van der Waals surface area contributed by atoms with E-state index in [1.165, 1.54) is 12.1 Å². The molecule has 1 aromatic rings. The second-order valence-electron chi connectivity index (χ2n) is 6.75. The van der Waals surface area contributed by atoms with E-state index in [1.807, 2.05) is 0 Å². The predicted molar refractivity (Wildman–Crippen MR) is 85.8 cm³/mol. The first-order chi connectivity index (χ1) is 11.1. The van der Waals surface area contributed by atoms with Crippen molar-refractivity contribution in [1.82, 2.24) is 9.88 Å². The molecule has 0 saturated heterocycles. The Kier molecular flexibility index (Phi) is 4.91. The lowest BCUT2D eigenvalue weighted by molar-refractivity contribution is -0.156. The number of hydrogen-bond donors (Lipinski definition) is 1. The van der Waals surface area contributed by atoms with Crippen LogP contribution in [0.1, 0.15) is 32.2 Å². The fourth-order valence-corrected chi connectivity index (χ4v) is 2.25. The van der Waals surface area contributed by atoms with Crippen LogP contribution in [0.4, 0.5) is 9.18 Å². The first-order valence-corrected chi connectivity index (χ1v) is 7.62. The van der Waals surface area contributed by atoms with E-state index in [0.29, 0.717) is 11.3 Å². The van der Waals surface area contributed by atoms with Crippen molar-refractivity contribution in [2.24, 2.45) is 5.41 Å². The summed E-state index contributed by atoms with van der Waals surface area (Å²) in [5, 5.41) is 9.18. The Hall–Kier alpha value is -2.44. The molecule has 0 saturated carbocycles. The zero-order chi connectivity index (χ0) is 18.1. The molecular formula is C17H21FN2O4. The van der Waals surface area contributed by atoms with E-state index in [-0.39, 0.29) is 18.8 Å². The van der Waals surface area contributed by atoms with Gasteiger partial charge in [0.2, 0.25) is 0 Å². The van der Waals surface area contributed by atoms with Gasteiger partial charge >= 0.3 is 12.1 Å². The molecule has 6 nitrogen and oxygen atoms in total. The molecule has 0 bridgehead atoms. The number of carbonyl (C=O) groups excluding carboxylic acids is 1. The van der Waals surface area contributed by atoms with Gasteiger partial charge in [-0.3, -0.25) is 9.78 Å². The number of rotatable bonds is 2. The highest BCUT2D eigenvalue weighted by Gasteiger charge is 2.33. The highest BCUT2D eigenvalue weighted by atomic mass is 19.1. The maximum atomic E-state index is 13.4. The molecule has 1 aliphatic rings. The van der Waals surface area contributed by atoms with Crippen molar-refractivity contribution in [3.8, 4) is 0 Å². The number of pyridine rings is 1. The molecule has 1 atom stereocenters. The van der Waals surface area contributed by atoms with E-state index < -0.39 is 29.4 Å². The number of halogens is 1. The molecule has 2 rings (SSSR count). The molecule has 1 aliphatic heterocycles. The molecule has 2 heterocycles. The smallest absolute Gasteiger partial charge is 0.407 e. The van der Waals surface area contributed by atoms with Crippen molar-refractivity contribution in [1.29, 1.82) is 0 Å². The number of esters is 1. The molecule has 24 heavy (non-hydrogen) atoms. The molecule has 0 aliphatic carbocycles. The molecule has 1 N–H and O–H groups in total. The van der Waals surface area contributed by atoms with Gasteiger partial charge in [-0.05, 0) is 39.8 Å². The molecule has 1 aromatic heterocycles. The lowest BCUT2D eigenvalue weighted by atomic mass is 9.96. The molecule has 0 unspecified atom stereocenters. The Morgan fingerprint density at radius 2 is 2.04 bits per heavy atom.